The summed E-state index contributed by atoms with van der Waals surface area (Å²) in [5.41, 5.74) is 3.61. The van der Waals surface area contributed by atoms with E-state index in [2.05, 4.69) is 63.6 Å². The van der Waals surface area contributed by atoms with Crippen LogP contribution in [0.2, 0.25) is 0 Å². The molecule has 1 unspecified atom stereocenters. The first-order valence-electron chi connectivity index (χ1n) is 11.1. The van der Waals surface area contributed by atoms with E-state index in [1.165, 1.54) is 48.4 Å². The van der Waals surface area contributed by atoms with Crippen molar-refractivity contribution in [1.82, 2.24) is 20.2 Å². The van der Waals surface area contributed by atoms with Gasteiger partial charge >= 0.3 is 0 Å². The molecule has 0 spiro atoms. The number of hydrogen-bond acceptors (Lipinski definition) is 6. The van der Waals surface area contributed by atoms with Gasteiger partial charge in [0.15, 0.2) is 0 Å². The molecule has 0 bridgehead atoms. The van der Waals surface area contributed by atoms with Crippen LogP contribution in [0, 0.1) is 13.8 Å². The van der Waals surface area contributed by atoms with Gasteiger partial charge in [0.1, 0.15) is 23.0 Å². The number of aromatic nitrogens is 2. The molecule has 4 rings (SSSR count). The molecule has 3 heterocycles. The molecular weight excluding hydrogens is 406 g/mol. The highest BCUT2D eigenvalue weighted by Gasteiger charge is 2.17. The molecule has 1 aromatic carbocycles. The summed E-state index contributed by atoms with van der Waals surface area (Å²) in [6, 6.07) is 8.19. The molecule has 6 nitrogen and oxygen atoms in total. The highest BCUT2D eigenvalue weighted by atomic mass is 32.1. The second kappa shape index (κ2) is 9.75. The Hall–Kier alpha value is -2.51. The molecule has 1 fully saturated rings. The number of carbonyl (C=O) groups excluding carboxylic acids is 1. The van der Waals surface area contributed by atoms with Gasteiger partial charge in [-0.05, 0) is 63.4 Å². The highest BCUT2D eigenvalue weighted by Crippen LogP contribution is 2.32. The number of benzene rings is 1. The minimum absolute atomic E-state index is 0.0474. The summed E-state index contributed by atoms with van der Waals surface area (Å²) in [4.78, 5) is 26.1. The maximum absolute atomic E-state index is 12.7. The number of hydrogen-bond donors (Lipinski definition) is 2. The van der Waals surface area contributed by atoms with Gasteiger partial charge in [0.05, 0.1) is 5.39 Å². The van der Waals surface area contributed by atoms with Crippen LogP contribution in [0.5, 0.6) is 0 Å². The lowest BCUT2D eigenvalue weighted by Crippen LogP contribution is -2.37. The summed E-state index contributed by atoms with van der Waals surface area (Å²) in [5.74, 6) is 0.672. The topological polar surface area (TPSA) is 70.1 Å². The molecule has 1 aliphatic heterocycles. The van der Waals surface area contributed by atoms with Crippen LogP contribution in [-0.2, 0) is 17.9 Å². The number of fused-ring (bicyclic) bond motifs is 1. The lowest BCUT2D eigenvalue weighted by molar-refractivity contribution is -0.121. The molecule has 1 atom stereocenters. The van der Waals surface area contributed by atoms with Gasteiger partial charge in [-0.2, -0.15) is 0 Å². The summed E-state index contributed by atoms with van der Waals surface area (Å²) >= 11 is 1.65. The van der Waals surface area contributed by atoms with Gasteiger partial charge in [-0.15, -0.1) is 11.3 Å². The molecular formula is C24H31N5OS. The first kappa shape index (κ1) is 21.7. The average Bonchev–Trinajstić information content (AvgIpc) is 3.08. The van der Waals surface area contributed by atoms with E-state index in [4.69, 9.17) is 0 Å². The molecule has 2 aromatic heterocycles. The van der Waals surface area contributed by atoms with Gasteiger partial charge in [-0.1, -0.05) is 30.7 Å². The highest BCUT2D eigenvalue weighted by molar-refractivity contribution is 7.18. The van der Waals surface area contributed by atoms with Crippen molar-refractivity contribution < 1.29 is 4.79 Å². The fraction of sp³-hybridized carbons (Fsp3) is 0.458. The maximum Gasteiger partial charge on any atom is 0.242 e. The number of rotatable bonds is 7. The Morgan fingerprint density at radius 1 is 1.10 bits per heavy atom. The third-order valence-corrected chi connectivity index (χ3v) is 7.17. The maximum atomic E-state index is 12.7. The molecule has 1 amide bonds. The third-order valence-electron chi connectivity index (χ3n) is 6.06. The summed E-state index contributed by atoms with van der Waals surface area (Å²) in [6.07, 6.45) is 5.53. The number of thiophene rings is 1. The molecule has 0 aliphatic carbocycles. The lowest BCUT2D eigenvalue weighted by Gasteiger charge is -2.26. The number of likely N-dealkylation sites (tertiary alicyclic amines) is 1. The number of piperidine rings is 1. The largest absolute Gasteiger partial charge is 0.358 e. The smallest absolute Gasteiger partial charge is 0.242 e. The minimum Gasteiger partial charge on any atom is -0.358 e. The number of amides is 1. The average molecular weight is 438 g/mol. The van der Waals surface area contributed by atoms with Crippen molar-refractivity contribution in [3.05, 3.63) is 52.2 Å². The number of nitrogens with zero attached hydrogens (tertiary/aromatic N) is 3. The normalized spacial score (nSPS) is 15.7. The fourth-order valence-electron chi connectivity index (χ4n) is 4.04. The zero-order valence-electron chi connectivity index (χ0n) is 18.6. The Morgan fingerprint density at radius 3 is 2.55 bits per heavy atom. The monoisotopic (exact) mass is 437 g/mol. The quantitative estimate of drug-likeness (QED) is 0.573. The molecule has 7 heteroatoms. The zero-order valence-corrected chi connectivity index (χ0v) is 19.4. The van der Waals surface area contributed by atoms with Crippen LogP contribution in [-0.4, -0.2) is 39.9 Å². The Bertz CT molecular complexity index is 1040. The SMILES string of the molecule is Cc1sc2ncnc(NC(C)C(=O)NCc3ccc(CN4CCCCC4)cc3)c2c1C. The zero-order chi connectivity index (χ0) is 21.8. The van der Waals surface area contributed by atoms with Gasteiger partial charge in [0.25, 0.3) is 0 Å². The number of nitrogens with one attached hydrogen (secondary N) is 2. The Kier molecular flexibility index (Phi) is 6.83. The van der Waals surface area contributed by atoms with Crippen molar-refractivity contribution in [1.29, 1.82) is 0 Å². The van der Waals surface area contributed by atoms with Crippen molar-refractivity contribution >= 4 is 33.3 Å². The number of anilines is 1. The predicted octanol–water partition coefficient (Wildman–Crippen LogP) is 4.41. The van der Waals surface area contributed by atoms with Gasteiger partial charge < -0.3 is 10.6 Å². The third kappa shape index (κ3) is 5.22. The van der Waals surface area contributed by atoms with Crippen molar-refractivity contribution in [2.45, 2.75) is 59.2 Å². The van der Waals surface area contributed by atoms with E-state index < -0.39 is 6.04 Å². The van der Waals surface area contributed by atoms with E-state index in [-0.39, 0.29) is 5.91 Å². The molecule has 0 radical (unpaired) electrons. The first-order chi connectivity index (χ1) is 15.0. The van der Waals surface area contributed by atoms with Crippen molar-refractivity contribution in [3.63, 3.8) is 0 Å². The Morgan fingerprint density at radius 2 is 1.81 bits per heavy atom. The molecule has 1 aliphatic rings. The van der Waals surface area contributed by atoms with Crippen LogP contribution < -0.4 is 10.6 Å². The van der Waals surface area contributed by atoms with E-state index in [1.807, 2.05) is 6.92 Å². The molecule has 164 valence electrons. The van der Waals surface area contributed by atoms with Crippen LogP contribution in [0.1, 0.15) is 47.8 Å². The lowest BCUT2D eigenvalue weighted by atomic mass is 10.1. The molecule has 3 aromatic rings. The van der Waals surface area contributed by atoms with Crippen LogP contribution in [0.15, 0.2) is 30.6 Å². The van der Waals surface area contributed by atoms with Crippen molar-refractivity contribution in [3.8, 4) is 0 Å². The summed E-state index contributed by atoms with van der Waals surface area (Å²) < 4.78 is 0. The van der Waals surface area contributed by atoms with Crippen LogP contribution >= 0.6 is 11.3 Å². The van der Waals surface area contributed by atoms with Gasteiger partial charge in [-0.25, -0.2) is 9.97 Å². The predicted molar refractivity (Wildman–Crippen MR) is 127 cm³/mol. The van der Waals surface area contributed by atoms with Crippen LogP contribution in [0.4, 0.5) is 5.82 Å². The second-order valence-corrected chi connectivity index (χ2v) is 9.63. The first-order valence-corrected chi connectivity index (χ1v) is 11.9. The van der Waals surface area contributed by atoms with E-state index in [1.54, 1.807) is 17.7 Å². The van der Waals surface area contributed by atoms with Gasteiger partial charge in [0, 0.05) is 18.0 Å². The van der Waals surface area contributed by atoms with Crippen LogP contribution in [0.25, 0.3) is 10.2 Å². The molecule has 0 saturated carbocycles. The summed E-state index contributed by atoms with van der Waals surface area (Å²) in [7, 11) is 0. The van der Waals surface area contributed by atoms with Crippen molar-refractivity contribution in [2.75, 3.05) is 18.4 Å². The fourth-order valence-corrected chi connectivity index (χ4v) is 5.04. The molecule has 31 heavy (non-hydrogen) atoms. The van der Waals surface area contributed by atoms with Gasteiger partial charge in [-0.3, -0.25) is 9.69 Å². The van der Waals surface area contributed by atoms with E-state index >= 15 is 0 Å². The Labute approximate surface area is 188 Å². The van der Waals surface area contributed by atoms with E-state index in [0.29, 0.717) is 6.54 Å². The van der Waals surface area contributed by atoms with E-state index in [0.717, 1.165) is 28.1 Å². The minimum atomic E-state index is -0.393. The second-order valence-electron chi connectivity index (χ2n) is 8.42. The van der Waals surface area contributed by atoms with Crippen LogP contribution in [0.3, 0.4) is 0 Å². The number of aryl methyl sites for hydroxylation is 2. The summed E-state index contributed by atoms with van der Waals surface area (Å²) in [6.45, 7) is 9.95. The number of carbonyl (C=O) groups is 1. The standard InChI is InChI=1S/C24H31N5OS/c1-16-18(3)31-24-21(16)22(26-15-27-24)28-17(2)23(30)25-13-19-7-9-20(10-8-19)14-29-11-5-4-6-12-29/h7-10,15,17H,4-6,11-14H2,1-3H3,(H,25,30)(H,26,27,28). The van der Waals surface area contributed by atoms with Gasteiger partial charge in [0.2, 0.25) is 5.91 Å². The Balaban J connectivity index is 1.31. The summed E-state index contributed by atoms with van der Waals surface area (Å²) in [5, 5.41) is 7.31. The van der Waals surface area contributed by atoms with Crippen molar-refractivity contribution in [2.24, 2.45) is 0 Å². The van der Waals surface area contributed by atoms with E-state index in [9.17, 15) is 4.79 Å². The molecule has 1 saturated heterocycles. The molecule has 2 N–H and O–H groups in total.